The van der Waals surface area contributed by atoms with Gasteiger partial charge in [-0.05, 0) is 29.8 Å². The molecule has 7 heteroatoms. The first-order valence-corrected chi connectivity index (χ1v) is 7.05. The Labute approximate surface area is 131 Å². The van der Waals surface area contributed by atoms with Crippen molar-refractivity contribution in [1.29, 1.82) is 0 Å². The number of H-pyrrole nitrogens is 1. The van der Waals surface area contributed by atoms with Gasteiger partial charge in [0.15, 0.2) is 0 Å². The molecule has 0 unspecified atom stereocenters. The van der Waals surface area contributed by atoms with E-state index < -0.39 is 0 Å². The number of pyridine rings is 1. The van der Waals surface area contributed by atoms with Gasteiger partial charge in [-0.25, -0.2) is 4.39 Å². The van der Waals surface area contributed by atoms with Crippen LogP contribution in [0.3, 0.4) is 0 Å². The zero-order chi connectivity index (χ0) is 16.1. The molecule has 0 aliphatic carbocycles. The van der Waals surface area contributed by atoms with Gasteiger partial charge in [0, 0.05) is 12.6 Å². The van der Waals surface area contributed by atoms with E-state index in [0.29, 0.717) is 13.0 Å². The molecular formula is C16H14FN5O. The second-order valence-electron chi connectivity index (χ2n) is 4.93. The molecule has 0 spiro atoms. The minimum absolute atomic E-state index is 0.278. The minimum atomic E-state index is -0.326. The lowest BCUT2D eigenvalue weighted by molar-refractivity contribution is 0.627. The smallest absolute Gasteiger partial charge is 0.274 e. The molecule has 0 bridgehead atoms. The van der Waals surface area contributed by atoms with Crippen LogP contribution in [0.2, 0.25) is 0 Å². The number of anilines is 1. The molecule has 0 aliphatic rings. The highest BCUT2D eigenvalue weighted by Crippen LogP contribution is 2.06. The van der Waals surface area contributed by atoms with E-state index in [1.165, 1.54) is 12.1 Å². The fourth-order valence-corrected chi connectivity index (χ4v) is 2.03. The van der Waals surface area contributed by atoms with E-state index >= 15 is 0 Å². The maximum absolute atomic E-state index is 12.9. The first-order valence-electron chi connectivity index (χ1n) is 7.05. The molecule has 2 aromatic heterocycles. The maximum atomic E-state index is 12.9. The predicted molar refractivity (Wildman–Crippen MR) is 83.4 cm³/mol. The Kier molecular flexibility index (Phi) is 4.37. The Morgan fingerprint density at radius 1 is 1.09 bits per heavy atom. The van der Waals surface area contributed by atoms with Crippen LogP contribution in [0.25, 0.3) is 0 Å². The molecule has 0 saturated heterocycles. The topological polar surface area (TPSA) is 83.6 Å². The largest absolute Gasteiger partial charge is 0.349 e. The molecule has 3 rings (SSSR count). The number of hydrogen-bond donors (Lipinski definition) is 2. The molecule has 1 aromatic carbocycles. The van der Waals surface area contributed by atoms with Crippen molar-refractivity contribution < 1.29 is 4.39 Å². The number of rotatable bonds is 5. The minimum Gasteiger partial charge on any atom is -0.349 e. The molecule has 0 radical (unpaired) electrons. The van der Waals surface area contributed by atoms with Crippen molar-refractivity contribution in [3.63, 3.8) is 0 Å². The van der Waals surface area contributed by atoms with Gasteiger partial charge in [0.25, 0.3) is 5.56 Å². The van der Waals surface area contributed by atoms with E-state index in [9.17, 15) is 9.18 Å². The quantitative estimate of drug-likeness (QED) is 0.752. The average molecular weight is 311 g/mol. The Hall–Kier alpha value is -3.09. The summed E-state index contributed by atoms with van der Waals surface area (Å²) in [5, 5.41) is 10.8. The highest BCUT2D eigenvalue weighted by Gasteiger charge is 2.06. The molecule has 2 N–H and O–H groups in total. The van der Waals surface area contributed by atoms with E-state index in [1.807, 2.05) is 18.2 Å². The predicted octanol–water partition coefficient (Wildman–Crippen LogP) is 1.90. The molecule has 23 heavy (non-hydrogen) atoms. The van der Waals surface area contributed by atoms with Gasteiger partial charge in [-0.2, -0.15) is 0 Å². The normalized spacial score (nSPS) is 10.5. The highest BCUT2D eigenvalue weighted by molar-refractivity contribution is 5.25. The van der Waals surface area contributed by atoms with Crippen LogP contribution < -0.4 is 10.9 Å². The summed E-state index contributed by atoms with van der Waals surface area (Å²) in [5.41, 5.74) is 1.57. The highest BCUT2D eigenvalue weighted by atomic mass is 19.1. The summed E-state index contributed by atoms with van der Waals surface area (Å²) in [6, 6.07) is 11.5. The summed E-state index contributed by atoms with van der Waals surface area (Å²) in [7, 11) is 0. The third kappa shape index (κ3) is 3.97. The van der Waals surface area contributed by atoms with Crippen molar-refractivity contribution in [3.8, 4) is 0 Å². The molecule has 0 aliphatic heterocycles. The number of nitrogens with one attached hydrogen (secondary N) is 2. The number of halogens is 1. The SMILES string of the molecule is O=c1[nH]c(NCc2ccccn2)nnc1Cc1ccc(F)cc1. The van der Waals surface area contributed by atoms with Crippen LogP contribution in [0.15, 0.2) is 53.5 Å². The third-order valence-corrected chi connectivity index (χ3v) is 3.21. The number of hydrogen-bond acceptors (Lipinski definition) is 5. The van der Waals surface area contributed by atoms with Crippen LogP contribution in [0, 0.1) is 5.82 Å². The molecule has 0 amide bonds. The number of nitrogens with zero attached hydrogens (tertiary/aromatic N) is 3. The summed E-state index contributed by atoms with van der Waals surface area (Å²) >= 11 is 0. The van der Waals surface area contributed by atoms with Crippen molar-refractivity contribution in [1.82, 2.24) is 20.2 Å². The van der Waals surface area contributed by atoms with Crippen LogP contribution in [-0.2, 0) is 13.0 Å². The Bertz CT molecular complexity index is 833. The van der Waals surface area contributed by atoms with Gasteiger partial charge in [-0.1, -0.05) is 18.2 Å². The van der Waals surface area contributed by atoms with Crippen LogP contribution in [-0.4, -0.2) is 20.2 Å². The van der Waals surface area contributed by atoms with Crippen LogP contribution in [0.5, 0.6) is 0 Å². The zero-order valence-electron chi connectivity index (χ0n) is 12.2. The van der Waals surface area contributed by atoms with Gasteiger partial charge in [0.05, 0.1) is 12.2 Å². The lowest BCUT2D eigenvalue weighted by Gasteiger charge is -2.05. The van der Waals surface area contributed by atoms with E-state index in [1.54, 1.807) is 18.3 Å². The van der Waals surface area contributed by atoms with Gasteiger partial charge in [-0.3, -0.25) is 14.8 Å². The summed E-state index contributed by atoms with van der Waals surface area (Å²) in [5.74, 6) is -0.0358. The summed E-state index contributed by atoms with van der Waals surface area (Å²) in [6.45, 7) is 0.433. The molecule has 0 saturated carbocycles. The number of benzene rings is 1. The summed E-state index contributed by atoms with van der Waals surface area (Å²) in [4.78, 5) is 18.8. The van der Waals surface area contributed by atoms with Crippen LogP contribution in [0.4, 0.5) is 10.3 Å². The van der Waals surface area contributed by atoms with Gasteiger partial charge >= 0.3 is 0 Å². The van der Waals surface area contributed by atoms with Gasteiger partial charge in [0.1, 0.15) is 11.5 Å². The first-order chi connectivity index (χ1) is 11.2. The Morgan fingerprint density at radius 3 is 2.61 bits per heavy atom. The van der Waals surface area contributed by atoms with Gasteiger partial charge < -0.3 is 5.32 Å². The van der Waals surface area contributed by atoms with Gasteiger partial charge in [-0.15, -0.1) is 10.2 Å². The Balaban J connectivity index is 1.68. The fraction of sp³-hybridized carbons (Fsp3) is 0.125. The third-order valence-electron chi connectivity index (χ3n) is 3.21. The average Bonchev–Trinajstić information content (AvgIpc) is 2.58. The molecule has 2 heterocycles. The zero-order valence-corrected chi connectivity index (χ0v) is 12.2. The van der Waals surface area contributed by atoms with Crippen LogP contribution in [0.1, 0.15) is 17.0 Å². The number of aromatic nitrogens is 4. The second-order valence-corrected chi connectivity index (χ2v) is 4.93. The maximum Gasteiger partial charge on any atom is 0.274 e. The molecular weight excluding hydrogens is 297 g/mol. The lowest BCUT2D eigenvalue weighted by atomic mass is 10.1. The molecule has 0 fully saturated rings. The van der Waals surface area contributed by atoms with E-state index in [-0.39, 0.29) is 23.0 Å². The number of aromatic amines is 1. The Morgan fingerprint density at radius 2 is 1.91 bits per heavy atom. The van der Waals surface area contributed by atoms with E-state index in [4.69, 9.17) is 0 Å². The fourth-order valence-electron chi connectivity index (χ4n) is 2.03. The second kappa shape index (κ2) is 6.78. The molecule has 0 atom stereocenters. The van der Waals surface area contributed by atoms with Crippen molar-refractivity contribution in [2.24, 2.45) is 0 Å². The van der Waals surface area contributed by atoms with E-state index in [0.717, 1.165) is 11.3 Å². The standard InChI is InChI=1S/C16H14FN5O/c17-12-6-4-11(5-7-12)9-14-15(23)20-16(22-21-14)19-10-13-3-1-2-8-18-13/h1-8H,9-10H2,(H2,19,20,22,23). The van der Waals surface area contributed by atoms with E-state index in [2.05, 4.69) is 25.5 Å². The molecule has 3 aromatic rings. The van der Waals surface area contributed by atoms with Gasteiger partial charge in [0.2, 0.25) is 5.95 Å². The first kappa shape index (κ1) is 14.8. The van der Waals surface area contributed by atoms with Crippen molar-refractivity contribution >= 4 is 5.95 Å². The summed E-state index contributed by atoms with van der Waals surface area (Å²) < 4.78 is 12.9. The van der Waals surface area contributed by atoms with Crippen molar-refractivity contribution in [2.45, 2.75) is 13.0 Å². The monoisotopic (exact) mass is 311 g/mol. The lowest BCUT2D eigenvalue weighted by Crippen LogP contribution is -2.20. The molecule has 6 nitrogen and oxygen atoms in total. The van der Waals surface area contributed by atoms with Crippen molar-refractivity contribution in [2.75, 3.05) is 5.32 Å². The van der Waals surface area contributed by atoms with Crippen molar-refractivity contribution in [3.05, 3.63) is 81.8 Å². The van der Waals surface area contributed by atoms with Crippen LogP contribution >= 0.6 is 0 Å². The summed E-state index contributed by atoms with van der Waals surface area (Å²) in [6.07, 6.45) is 1.99. The molecule has 116 valence electrons.